The highest BCUT2D eigenvalue weighted by Gasteiger charge is 2.38. The Morgan fingerprint density at radius 3 is 2.63 bits per heavy atom. The van der Waals surface area contributed by atoms with E-state index in [0.717, 1.165) is 18.9 Å². The van der Waals surface area contributed by atoms with Crippen LogP contribution in [0.15, 0.2) is 58.2 Å². The second kappa shape index (κ2) is 11.1. The van der Waals surface area contributed by atoms with Crippen molar-refractivity contribution in [2.75, 3.05) is 0 Å². The van der Waals surface area contributed by atoms with Gasteiger partial charge in [0.15, 0.2) is 11.8 Å². The van der Waals surface area contributed by atoms with E-state index in [1.165, 1.54) is 24.3 Å². The number of carboxylic acid groups (broad SMARTS) is 1. The smallest absolute Gasteiger partial charge is 0.417 e. The number of carbonyl (C=O) groups is 1. The Morgan fingerprint density at radius 1 is 1.19 bits per heavy atom. The van der Waals surface area contributed by atoms with E-state index >= 15 is 0 Å². The number of aromatic carboxylic acids is 1. The van der Waals surface area contributed by atoms with Gasteiger partial charge in [-0.15, -0.1) is 0 Å². The van der Waals surface area contributed by atoms with Crippen LogP contribution < -0.4 is 4.74 Å². The van der Waals surface area contributed by atoms with Crippen LogP contribution in [-0.4, -0.2) is 31.7 Å². The summed E-state index contributed by atoms with van der Waals surface area (Å²) in [6, 6.07) is 11.7. The Balaban J connectivity index is 1.20. The van der Waals surface area contributed by atoms with Crippen LogP contribution >= 0.6 is 11.6 Å². The maximum atomic E-state index is 13.8. The van der Waals surface area contributed by atoms with Crippen molar-refractivity contribution >= 4 is 23.3 Å². The molecule has 0 saturated heterocycles. The first-order valence-electron chi connectivity index (χ1n) is 13.6. The number of halogens is 4. The van der Waals surface area contributed by atoms with Gasteiger partial charge >= 0.3 is 12.1 Å². The molecular weight excluding hydrogens is 589 g/mol. The van der Waals surface area contributed by atoms with Crippen LogP contribution in [-0.2, 0) is 17.6 Å². The minimum absolute atomic E-state index is 0.0647. The number of alkyl halides is 3. The van der Waals surface area contributed by atoms with Crippen LogP contribution in [0.3, 0.4) is 0 Å². The molecule has 0 bridgehead atoms. The van der Waals surface area contributed by atoms with Gasteiger partial charge < -0.3 is 19.2 Å². The van der Waals surface area contributed by atoms with Gasteiger partial charge in [0.1, 0.15) is 29.5 Å². The average Bonchev–Trinajstić information content (AvgIpc) is 3.34. The Kier molecular flexibility index (Phi) is 7.41. The molecule has 13 heteroatoms. The monoisotopic (exact) mass is 614 g/mol. The third kappa shape index (κ3) is 5.71. The van der Waals surface area contributed by atoms with E-state index in [2.05, 4.69) is 15.4 Å². The minimum Gasteiger partial charge on any atom is -0.489 e. The van der Waals surface area contributed by atoms with Gasteiger partial charge in [-0.25, -0.2) is 4.79 Å². The molecular formula is C30H26ClF3N4O5. The molecule has 2 aromatic carbocycles. The zero-order valence-corrected chi connectivity index (χ0v) is 23.8. The van der Waals surface area contributed by atoms with Crippen LogP contribution in [0.25, 0.3) is 11.3 Å². The van der Waals surface area contributed by atoms with Gasteiger partial charge in [0, 0.05) is 35.6 Å². The molecule has 0 radical (unpaired) electrons. The molecule has 1 fully saturated rings. The molecule has 43 heavy (non-hydrogen) atoms. The van der Waals surface area contributed by atoms with Gasteiger partial charge in [0.25, 0.3) is 0 Å². The summed E-state index contributed by atoms with van der Waals surface area (Å²) in [5.41, 5.74) is 1.36. The van der Waals surface area contributed by atoms with E-state index in [4.69, 9.17) is 25.7 Å². The molecule has 1 unspecified atom stereocenters. The average molecular weight is 615 g/mol. The van der Waals surface area contributed by atoms with Gasteiger partial charge in [-0.05, 0) is 44.9 Å². The Hall–Kier alpha value is -4.32. The Labute approximate surface area is 248 Å². The fourth-order valence-corrected chi connectivity index (χ4v) is 5.39. The first-order valence-corrected chi connectivity index (χ1v) is 14.0. The highest BCUT2D eigenvalue weighted by Crippen LogP contribution is 2.46. The standard InChI is InChI=1S/C30H26ClF3N4O5/c1-15(2)38-25(12-24(35-38)29(39)40)23-13-26(42-36-23)19-10-9-17(11-22(19)31)41-14-20-27(37-43-28(20)16-7-8-16)18-5-3-4-6-21(18)30(32,33)34/h3-6,9-12,15-16,26H,7-8,13-14H2,1-2H3,(H,39,40). The highest BCUT2D eigenvalue weighted by atomic mass is 35.5. The van der Waals surface area contributed by atoms with Gasteiger partial charge in [-0.1, -0.05) is 46.2 Å². The van der Waals surface area contributed by atoms with Crippen molar-refractivity contribution in [1.82, 2.24) is 14.9 Å². The second-order valence-corrected chi connectivity index (χ2v) is 11.2. The minimum atomic E-state index is -4.56. The van der Waals surface area contributed by atoms with Crippen LogP contribution in [0.4, 0.5) is 13.2 Å². The molecule has 0 spiro atoms. The summed E-state index contributed by atoms with van der Waals surface area (Å²) < 4.78 is 54.4. The summed E-state index contributed by atoms with van der Waals surface area (Å²) in [6.45, 7) is 3.71. The zero-order valence-electron chi connectivity index (χ0n) is 23.1. The number of nitrogens with zero attached hydrogens (tertiary/aromatic N) is 4. The number of benzene rings is 2. The molecule has 2 aliphatic rings. The molecule has 9 nitrogen and oxygen atoms in total. The number of oxime groups is 1. The number of hydrogen-bond donors (Lipinski definition) is 1. The highest BCUT2D eigenvalue weighted by molar-refractivity contribution is 6.31. The lowest BCUT2D eigenvalue weighted by Gasteiger charge is -2.14. The normalized spacial score (nSPS) is 16.8. The van der Waals surface area contributed by atoms with Gasteiger partial charge in [-0.2, -0.15) is 18.3 Å². The molecule has 224 valence electrons. The third-order valence-electron chi connectivity index (χ3n) is 7.36. The molecule has 2 aromatic heterocycles. The molecule has 1 N–H and O–H groups in total. The van der Waals surface area contributed by atoms with Crippen LogP contribution in [0.2, 0.25) is 5.02 Å². The summed E-state index contributed by atoms with van der Waals surface area (Å²) in [5, 5.41) is 22.1. The Bertz CT molecular complexity index is 1720. The molecule has 1 saturated carbocycles. The molecule has 3 heterocycles. The maximum absolute atomic E-state index is 13.8. The number of hydrogen-bond acceptors (Lipinski definition) is 7. The quantitative estimate of drug-likeness (QED) is 0.205. The SMILES string of the molecule is CC(C)n1nc(C(=O)O)cc1C1=NOC(c2ccc(OCc3c(-c4ccccc4C(F)(F)F)noc3C3CC3)cc2Cl)C1. The van der Waals surface area contributed by atoms with Crippen molar-refractivity contribution < 1.29 is 37.2 Å². The number of aromatic nitrogens is 3. The number of ether oxygens (including phenoxy) is 1. The summed E-state index contributed by atoms with van der Waals surface area (Å²) in [5.74, 6) is -0.112. The van der Waals surface area contributed by atoms with Gasteiger partial charge in [0.05, 0.1) is 21.8 Å². The largest absolute Gasteiger partial charge is 0.489 e. The molecule has 1 aliphatic carbocycles. The van der Waals surface area contributed by atoms with E-state index in [1.807, 2.05) is 13.8 Å². The van der Waals surface area contributed by atoms with E-state index in [1.54, 1.807) is 22.9 Å². The summed E-state index contributed by atoms with van der Waals surface area (Å²) >= 11 is 6.62. The first kappa shape index (κ1) is 28.8. The summed E-state index contributed by atoms with van der Waals surface area (Å²) in [6.07, 6.45) is -3.01. The molecule has 4 aromatic rings. The van der Waals surface area contributed by atoms with Crippen molar-refractivity contribution in [2.24, 2.45) is 5.16 Å². The van der Waals surface area contributed by atoms with Crippen molar-refractivity contribution in [3.63, 3.8) is 0 Å². The second-order valence-electron chi connectivity index (χ2n) is 10.8. The van der Waals surface area contributed by atoms with E-state index in [9.17, 15) is 23.1 Å². The Morgan fingerprint density at radius 2 is 1.95 bits per heavy atom. The van der Waals surface area contributed by atoms with Crippen molar-refractivity contribution in [1.29, 1.82) is 0 Å². The lowest BCUT2D eigenvalue weighted by Crippen LogP contribution is -2.13. The molecule has 6 rings (SSSR count). The van der Waals surface area contributed by atoms with Gasteiger partial charge in [-0.3, -0.25) is 4.68 Å². The number of rotatable bonds is 9. The van der Waals surface area contributed by atoms with Crippen molar-refractivity contribution in [3.05, 3.63) is 87.4 Å². The van der Waals surface area contributed by atoms with Crippen molar-refractivity contribution in [2.45, 2.75) is 64.0 Å². The van der Waals surface area contributed by atoms with Gasteiger partial charge in [0.2, 0.25) is 0 Å². The predicted octanol–water partition coefficient (Wildman–Crippen LogP) is 7.81. The third-order valence-corrected chi connectivity index (χ3v) is 7.69. The lowest BCUT2D eigenvalue weighted by atomic mass is 9.99. The zero-order chi connectivity index (χ0) is 30.5. The summed E-state index contributed by atoms with van der Waals surface area (Å²) in [4.78, 5) is 17.1. The molecule has 1 atom stereocenters. The van der Waals surface area contributed by atoms with Crippen LogP contribution in [0, 0.1) is 0 Å². The van der Waals surface area contributed by atoms with Crippen LogP contribution in [0.5, 0.6) is 5.75 Å². The van der Waals surface area contributed by atoms with E-state index < -0.39 is 23.8 Å². The van der Waals surface area contributed by atoms with E-state index in [0.29, 0.717) is 45.5 Å². The van der Waals surface area contributed by atoms with Crippen LogP contribution in [0.1, 0.15) is 89.8 Å². The lowest BCUT2D eigenvalue weighted by molar-refractivity contribution is -0.137. The number of carboxylic acids is 1. The fourth-order valence-electron chi connectivity index (χ4n) is 5.09. The molecule has 1 aliphatic heterocycles. The first-order chi connectivity index (χ1) is 20.5. The summed E-state index contributed by atoms with van der Waals surface area (Å²) in [7, 11) is 0. The van der Waals surface area contributed by atoms with E-state index in [-0.39, 0.29) is 35.5 Å². The predicted molar refractivity (Wildman–Crippen MR) is 149 cm³/mol. The van der Waals surface area contributed by atoms with Crippen molar-refractivity contribution in [3.8, 4) is 17.0 Å². The fraction of sp³-hybridized carbons (Fsp3) is 0.333. The maximum Gasteiger partial charge on any atom is 0.417 e. The molecule has 0 amide bonds. The topological polar surface area (TPSA) is 112 Å².